The second-order valence-corrected chi connectivity index (χ2v) is 7.31. The highest BCUT2D eigenvalue weighted by Gasteiger charge is 2.15. The fourth-order valence-corrected chi connectivity index (χ4v) is 3.38. The fraction of sp³-hybridized carbons (Fsp3) is 0.200. The number of benzene rings is 3. The summed E-state index contributed by atoms with van der Waals surface area (Å²) in [6.07, 6.45) is 0.897. The molecule has 3 aromatic rings. The minimum atomic E-state index is -0.270. The summed E-state index contributed by atoms with van der Waals surface area (Å²) < 4.78 is 15.8. The van der Waals surface area contributed by atoms with E-state index in [0.717, 1.165) is 16.9 Å². The molecule has 0 bridgehead atoms. The van der Waals surface area contributed by atoms with Gasteiger partial charge in [-0.25, -0.2) is 0 Å². The summed E-state index contributed by atoms with van der Waals surface area (Å²) >= 11 is 0. The zero-order valence-electron chi connectivity index (χ0n) is 17.7. The normalized spacial score (nSPS) is 11.7. The van der Waals surface area contributed by atoms with Gasteiger partial charge in [0.25, 0.3) is 5.91 Å². The van der Waals surface area contributed by atoms with Gasteiger partial charge in [-0.15, -0.1) is 0 Å². The number of carbonyl (C=O) groups is 2. The van der Waals surface area contributed by atoms with Gasteiger partial charge in [0.05, 0.1) is 18.4 Å². The molecule has 164 valence electrons. The van der Waals surface area contributed by atoms with Crippen LogP contribution in [0.25, 0.3) is 0 Å². The number of rotatable bonds is 8. The van der Waals surface area contributed by atoms with E-state index in [4.69, 9.17) is 14.2 Å². The number of hydrogen-bond donors (Lipinski definition) is 2. The first-order valence-corrected chi connectivity index (χ1v) is 10.3. The number of amides is 2. The maximum Gasteiger partial charge on any atom is 0.253 e. The van der Waals surface area contributed by atoms with Crippen molar-refractivity contribution in [2.24, 2.45) is 0 Å². The average molecular weight is 432 g/mol. The summed E-state index contributed by atoms with van der Waals surface area (Å²) in [6, 6.07) is 20.1. The van der Waals surface area contributed by atoms with Gasteiger partial charge >= 0.3 is 0 Å². The zero-order chi connectivity index (χ0) is 22.3. The van der Waals surface area contributed by atoms with Crippen LogP contribution in [0.5, 0.6) is 17.2 Å². The number of methoxy groups -OCH3 is 1. The molecular weight excluding hydrogens is 408 g/mol. The molecule has 1 heterocycles. The third-order valence-electron chi connectivity index (χ3n) is 5.14. The van der Waals surface area contributed by atoms with Gasteiger partial charge < -0.3 is 24.8 Å². The molecule has 0 fully saturated rings. The van der Waals surface area contributed by atoms with Crippen LogP contribution in [0, 0.1) is 0 Å². The van der Waals surface area contributed by atoms with E-state index in [2.05, 4.69) is 10.6 Å². The van der Waals surface area contributed by atoms with Crippen molar-refractivity contribution < 1.29 is 23.8 Å². The SMILES string of the molecule is COc1ccc(CCC(=O)Nc2ccccc2C(=O)NCc2ccc3c(c2)OCO3)cc1. The molecule has 0 unspecified atom stereocenters. The number of aryl methyl sites for hydroxylation is 1. The molecule has 2 N–H and O–H groups in total. The molecule has 0 radical (unpaired) electrons. The van der Waals surface area contributed by atoms with Crippen molar-refractivity contribution in [2.45, 2.75) is 19.4 Å². The molecule has 7 nitrogen and oxygen atoms in total. The van der Waals surface area contributed by atoms with Gasteiger partial charge in [0.15, 0.2) is 11.5 Å². The molecule has 0 atom stereocenters. The first-order valence-electron chi connectivity index (χ1n) is 10.3. The fourth-order valence-electron chi connectivity index (χ4n) is 3.38. The van der Waals surface area contributed by atoms with E-state index in [1.807, 2.05) is 42.5 Å². The first-order chi connectivity index (χ1) is 15.6. The smallest absolute Gasteiger partial charge is 0.253 e. The van der Waals surface area contributed by atoms with Crippen LogP contribution in [0.1, 0.15) is 27.9 Å². The Labute approximate surface area is 186 Å². The highest BCUT2D eigenvalue weighted by atomic mass is 16.7. The van der Waals surface area contributed by atoms with E-state index < -0.39 is 0 Å². The van der Waals surface area contributed by atoms with E-state index in [1.54, 1.807) is 31.4 Å². The van der Waals surface area contributed by atoms with Crippen LogP contribution in [0.4, 0.5) is 5.69 Å². The third kappa shape index (κ3) is 5.18. The van der Waals surface area contributed by atoms with Crippen molar-refractivity contribution in [3.05, 3.63) is 83.4 Å². The van der Waals surface area contributed by atoms with E-state index in [1.165, 1.54) is 0 Å². The van der Waals surface area contributed by atoms with Crippen LogP contribution in [0.15, 0.2) is 66.7 Å². The van der Waals surface area contributed by atoms with Gasteiger partial charge in [-0.05, 0) is 53.9 Å². The van der Waals surface area contributed by atoms with Gasteiger partial charge in [-0.3, -0.25) is 9.59 Å². The largest absolute Gasteiger partial charge is 0.497 e. The Kier molecular flexibility index (Phi) is 6.55. The van der Waals surface area contributed by atoms with Gasteiger partial charge in [0, 0.05) is 13.0 Å². The summed E-state index contributed by atoms with van der Waals surface area (Å²) in [5.41, 5.74) is 2.82. The number of fused-ring (bicyclic) bond motifs is 1. The van der Waals surface area contributed by atoms with Crippen LogP contribution >= 0.6 is 0 Å². The molecule has 0 spiro atoms. The highest BCUT2D eigenvalue weighted by Crippen LogP contribution is 2.32. The van der Waals surface area contributed by atoms with Gasteiger partial charge in [0.2, 0.25) is 12.7 Å². The van der Waals surface area contributed by atoms with E-state index in [-0.39, 0.29) is 18.6 Å². The molecule has 4 rings (SSSR count). The molecule has 0 aromatic heterocycles. The van der Waals surface area contributed by atoms with Crippen molar-refractivity contribution in [3.8, 4) is 17.2 Å². The zero-order valence-corrected chi connectivity index (χ0v) is 17.7. The van der Waals surface area contributed by atoms with Gasteiger partial charge in [-0.1, -0.05) is 30.3 Å². The molecular formula is C25H24N2O5. The van der Waals surface area contributed by atoms with Crippen LogP contribution in [0.3, 0.4) is 0 Å². The van der Waals surface area contributed by atoms with Crippen molar-refractivity contribution in [1.29, 1.82) is 0 Å². The standard InChI is InChI=1S/C25H24N2O5/c1-30-19-10-6-17(7-11-19)9-13-24(28)27-21-5-3-2-4-20(21)25(29)26-15-18-8-12-22-23(14-18)32-16-31-22/h2-8,10-12,14H,9,13,15-16H2,1H3,(H,26,29)(H,27,28). The van der Waals surface area contributed by atoms with Crippen molar-refractivity contribution >= 4 is 17.5 Å². The third-order valence-corrected chi connectivity index (χ3v) is 5.14. The van der Waals surface area contributed by atoms with E-state index in [9.17, 15) is 9.59 Å². The quantitative estimate of drug-likeness (QED) is 0.563. The van der Waals surface area contributed by atoms with Gasteiger partial charge in [-0.2, -0.15) is 0 Å². The Bertz CT molecular complexity index is 1110. The first kappa shape index (κ1) is 21.2. The topological polar surface area (TPSA) is 85.9 Å². The molecule has 0 aliphatic carbocycles. The number of ether oxygens (including phenoxy) is 3. The van der Waals surface area contributed by atoms with Crippen molar-refractivity contribution in [2.75, 3.05) is 19.2 Å². The average Bonchev–Trinajstić information content (AvgIpc) is 3.30. The lowest BCUT2D eigenvalue weighted by molar-refractivity contribution is -0.116. The summed E-state index contributed by atoms with van der Waals surface area (Å²) in [7, 11) is 1.62. The van der Waals surface area contributed by atoms with Crippen LogP contribution < -0.4 is 24.8 Å². The van der Waals surface area contributed by atoms with Gasteiger partial charge in [0.1, 0.15) is 5.75 Å². The summed E-state index contributed by atoms with van der Waals surface area (Å²) in [4.78, 5) is 25.2. The summed E-state index contributed by atoms with van der Waals surface area (Å²) in [6.45, 7) is 0.534. The molecule has 7 heteroatoms. The Morgan fingerprint density at radius 2 is 1.69 bits per heavy atom. The van der Waals surface area contributed by atoms with E-state index >= 15 is 0 Å². The lowest BCUT2D eigenvalue weighted by Gasteiger charge is -2.12. The number of para-hydroxylation sites is 1. The Balaban J connectivity index is 1.34. The second-order valence-electron chi connectivity index (χ2n) is 7.31. The lowest BCUT2D eigenvalue weighted by atomic mass is 10.1. The van der Waals surface area contributed by atoms with Crippen LogP contribution in [0.2, 0.25) is 0 Å². The predicted molar refractivity (Wildman–Crippen MR) is 120 cm³/mol. The van der Waals surface area contributed by atoms with Crippen molar-refractivity contribution in [1.82, 2.24) is 5.32 Å². The maximum atomic E-state index is 12.8. The molecule has 2 amide bonds. The molecule has 3 aromatic carbocycles. The number of anilines is 1. The molecule has 0 saturated heterocycles. The minimum absolute atomic E-state index is 0.156. The minimum Gasteiger partial charge on any atom is -0.497 e. The highest BCUT2D eigenvalue weighted by molar-refractivity contribution is 6.03. The summed E-state index contributed by atoms with van der Waals surface area (Å²) in [5.74, 6) is 1.72. The molecule has 1 aliphatic heterocycles. The van der Waals surface area contributed by atoms with Crippen molar-refractivity contribution in [3.63, 3.8) is 0 Å². The number of nitrogens with one attached hydrogen (secondary N) is 2. The lowest BCUT2D eigenvalue weighted by Crippen LogP contribution is -2.25. The van der Waals surface area contributed by atoms with E-state index in [0.29, 0.717) is 42.1 Å². The predicted octanol–water partition coefficient (Wildman–Crippen LogP) is 3.93. The monoisotopic (exact) mass is 432 g/mol. The molecule has 1 aliphatic rings. The number of hydrogen-bond acceptors (Lipinski definition) is 5. The maximum absolute atomic E-state index is 12.8. The Morgan fingerprint density at radius 1 is 0.938 bits per heavy atom. The summed E-state index contributed by atoms with van der Waals surface area (Å²) in [5, 5.41) is 5.75. The second kappa shape index (κ2) is 9.87. The van der Waals surface area contributed by atoms with Crippen LogP contribution in [-0.4, -0.2) is 25.7 Å². The van der Waals surface area contributed by atoms with Crippen LogP contribution in [-0.2, 0) is 17.8 Å². The molecule has 32 heavy (non-hydrogen) atoms. The Morgan fingerprint density at radius 3 is 2.50 bits per heavy atom. The Hall–Kier alpha value is -4.00. The number of carbonyl (C=O) groups excluding carboxylic acids is 2. The molecule has 0 saturated carbocycles.